The summed E-state index contributed by atoms with van der Waals surface area (Å²) < 4.78 is 26.9. The van der Waals surface area contributed by atoms with Crippen LogP contribution in [-0.2, 0) is 0 Å². The van der Waals surface area contributed by atoms with E-state index in [1.165, 1.54) is 34.4 Å². The van der Waals surface area contributed by atoms with Crippen LogP contribution in [0.2, 0.25) is 5.02 Å². The minimum Gasteiger partial charge on any atom is -0.235 e. The van der Waals surface area contributed by atoms with E-state index in [9.17, 15) is 8.78 Å². The summed E-state index contributed by atoms with van der Waals surface area (Å²) in [5, 5.41) is 0.784. The summed E-state index contributed by atoms with van der Waals surface area (Å²) in [4.78, 5) is 6.92. The molecule has 0 N–H and O–H groups in total. The number of rotatable bonds is 4. The van der Waals surface area contributed by atoms with Gasteiger partial charge in [0.15, 0.2) is 0 Å². The Hall–Kier alpha value is -2.21. The van der Waals surface area contributed by atoms with Gasteiger partial charge in [-0.3, -0.25) is 0 Å². The molecular formula is C22H14ClF2NS2. The molecule has 3 aromatic carbocycles. The van der Waals surface area contributed by atoms with E-state index in [0.29, 0.717) is 0 Å². The van der Waals surface area contributed by atoms with Crippen LogP contribution in [0.1, 0.15) is 0 Å². The van der Waals surface area contributed by atoms with Crippen molar-refractivity contribution >= 4 is 34.7 Å². The first-order valence-electron chi connectivity index (χ1n) is 8.42. The maximum atomic E-state index is 13.6. The van der Waals surface area contributed by atoms with Gasteiger partial charge in [-0.05, 0) is 66.4 Å². The van der Waals surface area contributed by atoms with Crippen LogP contribution in [0.15, 0.2) is 71.6 Å². The summed E-state index contributed by atoms with van der Waals surface area (Å²) in [5.41, 5.74) is 3.35. The first kappa shape index (κ1) is 19.1. The summed E-state index contributed by atoms with van der Waals surface area (Å²) in [5.74, 6) is -0.760. The van der Waals surface area contributed by atoms with E-state index in [2.05, 4.69) is 12.1 Å². The van der Waals surface area contributed by atoms with Crippen LogP contribution in [0.4, 0.5) is 8.78 Å². The molecule has 0 amide bonds. The van der Waals surface area contributed by atoms with Crippen LogP contribution in [0.25, 0.3) is 32.3 Å². The third-order valence-corrected chi connectivity index (χ3v) is 6.45. The number of hydrogen-bond donors (Lipinski definition) is 0. The van der Waals surface area contributed by atoms with Gasteiger partial charge in [0.1, 0.15) is 16.6 Å². The third-order valence-electron chi connectivity index (χ3n) is 4.26. The smallest absolute Gasteiger partial charge is 0.141 e. The number of nitrogens with zero attached hydrogens (tertiary/aromatic N) is 1. The van der Waals surface area contributed by atoms with Crippen LogP contribution in [-0.4, -0.2) is 11.2 Å². The van der Waals surface area contributed by atoms with Crippen molar-refractivity contribution in [1.82, 2.24) is 4.98 Å². The molecule has 1 nitrogen and oxygen atoms in total. The van der Waals surface area contributed by atoms with E-state index in [4.69, 9.17) is 16.6 Å². The highest BCUT2D eigenvalue weighted by atomic mass is 35.5. The molecule has 1 heterocycles. The lowest BCUT2D eigenvalue weighted by Crippen LogP contribution is -1.84. The number of thioether (sulfide) groups is 1. The van der Waals surface area contributed by atoms with Crippen LogP contribution < -0.4 is 0 Å². The largest absolute Gasteiger partial charge is 0.235 e. The number of hydrogen-bond acceptors (Lipinski definition) is 3. The second kappa shape index (κ2) is 8.03. The summed E-state index contributed by atoms with van der Waals surface area (Å²) in [7, 11) is 0. The zero-order chi connectivity index (χ0) is 19.7. The number of halogens is 3. The van der Waals surface area contributed by atoms with Crippen molar-refractivity contribution in [2.75, 3.05) is 6.26 Å². The molecule has 0 saturated carbocycles. The lowest BCUT2D eigenvalue weighted by Gasteiger charge is -2.04. The maximum Gasteiger partial charge on any atom is 0.141 e. The standard InChI is InChI=1S/C22H14ClF2NS2/c1-27-17-9-4-14(5-10-17)21-20(13-2-7-16(24)8-3-13)26-22(28-21)15-6-11-19(25)18(23)12-15/h2-12H,1H3. The van der Waals surface area contributed by atoms with Gasteiger partial charge < -0.3 is 0 Å². The van der Waals surface area contributed by atoms with E-state index < -0.39 is 5.82 Å². The summed E-state index contributed by atoms with van der Waals surface area (Å²) in [6, 6.07) is 19.1. The molecule has 4 rings (SSSR count). The molecule has 140 valence electrons. The fraction of sp³-hybridized carbons (Fsp3) is 0.0455. The minimum absolute atomic E-state index is 0.0573. The zero-order valence-corrected chi connectivity index (χ0v) is 17.1. The van der Waals surface area contributed by atoms with E-state index in [1.54, 1.807) is 36.0 Å². The van der Waals surface area contributed by atoms with Crippen molar-refractivity contribution in [2.45, 2.75) is 4.90 Å². The van der Waals surface area contributed by atoms with Crippen molar-refractivity contribution in [3.8, 4) is 32.3 Å². The Morgan fingerprint density at radius 1 is 0.857 bits per heavy atom. The SMILES string of the molecule is CSc1ccc(-c2sc(-c3ccc(F)c(Cl)c3)nc2-c2ccc(F)cc2)cc1. The molecule has 0 spiro atoms. The molecule has 0 atom stereocenters. The normalized spacial score (nSPS) is 11.0. The van der Waals surface area contributed by atoms with Crippen LogP contribution in [0.5, 0.6) is 0 Å². The molecule has 0 radical (unpaired) electrons. The summed E-state index contributed by atoms with van der Waals surface area (Å²) in [6.07, 6.45) is 2.03. The fourth-order valence-electron chi connectivity index (χ4n) is 2.81. The van der Waals surface area contributed by atoms with Gasteiger partial charge in [0.05, 0.1) is 15.6 Å². The number of benzene rings is 3. The third kappa shape index (κ3) is 3.83. The van der Waals surface area contributed by atoms with Crippen LogP contribution >= 0.6 is 34.7 Å². The lowest BCUT2D eigenvalue weighted by atomic mass is 10.1. The van der Waals surface area contributed by atoms with Gasteiger partial charge in [0.25, 0.3) is 0 Å². The molecule has 0 aliphatic carbocycles. The molecule has 0 bridgehead atoms. The number of thiazole rings is 1. The molecule has 6 heteroatoms. The molecule has 1 aromatic heterocycles. The quantitative estimate of drug-likeness (QED) is 0.307. The molecule has 0 saturated heterocycles. The van der Waals surface area contributed by atoms with Gasteiger partial charge in [-0.2, -0.15) is 0 Å². The fourth-order valence-corrected chi connectivity index (χ4v) is 4.49. The monoisotopic (exact) mass is 429 g/mol. The second-order valence-electron chi connectivity index (χ2n) is 6.06. The highest BCUT2D eigenvalue weighted by Gasteiger charge is 2.17. The predicted octanol–water partition coefficient (Wildman–Crippen LogP) is 7.80. The first-order valence-corrected chi connectivity index (χ1v) is 10.8. The van der Waals surface area contributed by atoms with Crippen LogP contribution in [0, 0.1) is 11.6 Å². The maximum absolute atomic E-state index is 13.6. The van der Waals surface area contributed by atoms with Crippen molar-refractivity contribution in [1.29, 1.82) is 0 Å². The highest BCUT2D eigenvalue weighted by Crippen LogP contribution is 2.41. The van der Waals surface area contributed by atoms with E-state index in [0.717, 1.165) is 32.3 Å². The Morgan fingerprint density at radius 3 is 2.14 bits per heavy atom. The Morgan fingerprint density at radius 2 is 1.50 bits per heavy atom. The molecule has 0 aliphatic heterocycles. The molecule has 0 fully saturated rings. The second-order valence-corrected chi connectivity index (χ2v) is 8.35. The predicted molar refractivity (Wildman–Crippen MR) is 115 cm³/mol. The lowest BCUT2D eigenvalue weighted by molar-refractivity contribution is 0.628. The van der Waals surface area contributed by atoms with Gasteiger partial charge in [-0.15, -0.1) is 23.1 Å². The average Bonchev–Trinajstić information content (AvgIpc) is 3.16. The zero-order valence-electron chi connectivity index (χ0n) is 14.7. The Bertz CT molecular complexity index is 1120. The highest BCUT2D eigenvalue weighted by molar-refractivity contribution is 7.98. The molecule has 28 heavy (non-hydrogen) atoms. The average molecular weight is 430 g/mol. The van der Waals surface area contributed by atoms with Gasteiger partial charge in [-0.1, -0.05) is 23.7 Å². The van der Waals surface area contributed by atoms with Gasteiger partial charge in [0.2, 0.25) is 0 Å². The summed E-state index contributed by atoms with van der Waals surface area (Å²) >= 11 is 9.13. The number of aromatic nitrogens is 1. The van der Waals surface area contributed by atoms with Gasteiger partial charge >= 0.3 is 0 Å². The molecular weight excluding hydrogens is 416 g/mol. The van der Waals surface area contributed by atoms with E-state index in [1.807, 2.05) is 18.4 Å². The van der Waals surface area contributed by atoms with Crippen LogP contribution in [0.3, 0.4) is 0 Å². The summed E-state index contributed by atoms with van der Waals surface area (Å²) in [6.45, 7) is 0. The Balaban J connectivity index is 1.87. The van der Waals surface area contributed by atoms with Gasteiger partial charge in [-0.25, -0.2) is 13.8 Å². The van der Waals surface area contributed by atoms with Crippen molar-refractivity contribution in [3.63, 3.8) is 0 Å². The van der Waals surface area contributed by atoms with E-state index >= 15 is 0 Å². The van der Waals surface area contributed by atoms with Crippen molar-refractivity contribution < 1.29 is 8.78 Å². The van der Waals surface area contributed by atoms with Crippen molar-refractivity contribution in [2.24, 2.45) is 0 Å². The van der Waals surface area contributed by atoms with E-state index in [-0.39, 0.29) is 10.8 Å². The van der Waals surface area contributed by atoms with Crippen molar-refractivity contribution in [3.05, 3.63) is 83.4 Å². The molecule has 0 unspecified atom stereocenters. The molecule has 0 aliphatic rings. The molecule has 4 aromatic rings. The topological polar surface area (TPSA) is 12.9 Å². The Kier molecular flexibility index (Phi) is 5.49. The minimum atomic E-state index is -0.464. The Labute approximate surface area is 175 Å². The van der Waals surface area contributed by atoms with Gasteiger partial charge in [0, 0.05) is 16.0 Å². The first-order chi connectivity index (χ1) is 13.5.